The zero-order valence-corrected chi connectivity index (χ0v) is 11.7. The van der Waals surface area contributed by atoms with Crippen molar-refractivity contribution >= 4 is 27.2 Å². The Balaban J connectivity index is 2.68. The number of hydrogen-bond donors (Lipinski definition) is 1. The molecule has 0 fully saturated rings. The molecule has 2 aromatic rings. The van der Waals surface area contributed by atoms with Gasteiger partial charge >= 0.3 is 0 Å². The predicted molar refractivity (Wildman–Crippen MR) is 74.9 cm³/mol. The van der Waals surface area contributed by atoms with E-state index in [1.807, 2.05) is 6.07 Å². The lowest BCUT2D eigenvalue weighted by molar-refractivity contribution is 0.575. The molecule has 0 aliphatic rings. The second-order valence-electron chi connectivity index (χ2n) is 3.89. The van der Waals surface area contributed by atoms with Crippen molar-refractivity contribution in [1.82, 2.24) is 4.98 Å². The topological polar surface area (TPSA) is 62.7 Å². The highest BCUT2D eigenvalue weighted by Crippen LogP contribution is 2.28. The number of benzene rings is 1. The van der Waals surface area contributed by atoms with Gasteiger partial charge in [0, 0.05) is 22.4 Å². The average molecular weight is 336 g/mol. The fraction of sp³-hybridized carbons (Fsp3) is 0. The summed E-state index contributed by atoms with van der Waals surface area (Å²) in [6.45, 7) is 0. The highest BCUT2D eigenvalue weighted by Gasteiger charge is 2.17. The molecule has 100 valence electrons. The number of nitrogens with two attached hydrogens (primary N) is 1. The predicted octanol–water partition coefficient (Wildman–Crippen LogP) is 3.47. The quantitative estimate of drug-likeness (QED) is 0.854. The van der Waals surface area contributed by atoms with E-state index in [1.54, 1.807) is 12.1 Å². The molecule has 3 nitrogen and oxygen atoms in total. The van der Waals surface area contributed by atoms with Gasteiger partial charge in [-0.3, -0.25) is 4.98 Å². The first kappa shape index (κ1) is 14.2. The third-order valence-electron chi connectivity index (χ3n) is 2.61. The van der Waals surface area contributed by atoms with Gasteiger partial charge in [0.25, 0.3) is 0 Å². The molecule has 2 N–H and O–H groups in total. The molecule has 1 aromatic carbocycles. The second-order valence-corrected chi connectivity index (χ2v) is 4.80. The van der Waals surface area contributed by atoms with Crippen LogP contribution in [0.1, 0.15) is 11.1 Å². The van der Waals surface area contributed by atoms with Crippen molar-refractivity contribution in [2.24, 2.45) is 5.73 Å². The van der Waals surface area contributed by atoms with Crippen LogP contribution >= 0.6 is 15.9 Å². The third kappa shape index (κ3) is 2.68. The minimum Gasteiger partial charge on any atom is -0.397 e. The van der Waals surface area contributed by atoms with Gasteiger partial charge in [-0.1, -0.05) is 22.0 Å². The van der Waals surface area contributed by atoms with Gasteiger partial charge in [0.15, 0.2) is 0 Å². The minimum absolute atomic E-state index is 0.0294. The molecular formula is C14H8BrF2N3. The highest BCUT2D eigenvalue weighted by atomic mass is 79.9. The number of aromatic nitrogens is 1. The van der Waals surface area contributed by atoms with Gasteiger partial charge in [-0.05, 0) is 18.2 Å². The van der Waals surface area contributed by atoms with Gasteiger partial charge in [0.05, 0.1) is 16.8 Å². The lowest BCUT2D eigenvalue weighted by atomic mass is 10.0. The maximum atomic E-state index is 13.9. The number of nitrogens with zero attached hydrogens (tertiary/aromatic N) is 2. The van der Waals surface area contributed by atoms with Crippen molar-refractivity contribution < 1.29 is 8.78 Å². The minimum atomic E-state index is -0.842. The molecule has 0 aliphatic carbocycles. The summed E-state index contributed by atoms with van der Waals surface area (Å²) in [6.07, 6.45) is 2.93. The maximum Gasteiger partial charge on any atom is 0.136 e. The molecule has 6 heteroatoms. The second kappa shape index (κ2) is 5.80. The lowest BCUT2D eigenvalue weighted by Gasteiger charge is -2.09. The first-order valence-corrected chi connectivity index (χ1v) is 6.29. The Labute approximate surface area is 122 Å². The number of rotatable bonds is 2. The van der Waals surface area contributed by atoms with Crippen molar-refractivity contribution in [3.05, 3.63) is 63.9 Å². The van der Waals surface area contributed by atoms with E-state index in [4.69, 9.17) is 5.73 Å². The number of halogens is 3. The maximum absolute atomic E-state index is 13.9. The summed E-state index contributed by atoms with van der Waals surface area (Å²) in [6, 6.07) is 7.22. The Morgan fingerprint density at radius 2 is 1.95 bits per heavy atom. The smallest absolute Gasteiger partial charge is 0.136 e. The number of nitriles is 1. The molecule has 0 saturated heterocycles. The molecule has 0 atom stereocenters. The van der Waals surface area contributed by atoms with Gasteiger partial charge in [-0.2, -0.15) is 5.26 Å². The van der Waals surface area contributed by atoms with Crippen molar-refractivity contribution in [3.8, 4) is 6.07 Å². The number of pyridine rings is 1. The summed E-state index contributed by atoms with van der Waals surface area (Å²) < 4.78 is 28.0. The van der Waals surface area contributed by atoms with E-state index in [2.05, 4.69) is 20.9 Å². The molecule has 20 heavy (non-hydrogen) atoms. The third-order valence-corrected chi connectivity index (χ3v) is 3.07. The Morgan fingerprint density at radius 1 is 1.30 bits per heavy atom. The molecule has 0 bridgehead atoms. The summed E-state index contributed by atoms with van der Waals surface area (Å²) in [5, 5.41) is 9.18. The normalized spacial score (nSPS) is 11.7. The molecular weight excluding hydrogens is 328 g/mol. The molecule has 2 rings (SSSR count). The van der Waals surface area contributed by atoms with Crippen LogP contribution in [-0.4, -0.2) is 4.98 Å². The van der Waals surface area contributed by atoms with Crippen molar-refractivity contribution in [2.75, 3.05) is 0 Å². The average Bonchev–Trinajstić information content (AvgIpc) is 2.39. The fourth-order valence-corrected chi connectivity index (χ4v) is 2.12. The van der Waals surface area contributed by atoms with Crippen molar-refractivity contribution in [1.29, 1.82) is 5.26 Å². The van der Waals surface area contributed by atoms with Crippen molar-refractivity contribution in [2.45, 2.75) is 0 Å². The molecule has 0 spiro atoms. The van der Waals surface area contributed by atoms with E-state index in [9.17, 15) is 14.0 Å². The van der Waals surface area contributed by atoms with Crippen LogP contribution in [0.25, 0.3) is 11.3 Å². The van der Waals surface area contributed by atoms with Crippen molar-refractivity contribution in [3.63, 3.8) is 0 Å². The Bertz CT molecular complexity index is 698. The summed E-state index contributed by atoms with van der Waals surface area (Å²) in [4.78, 5) is 3.85. The van der Waals surface area contributed by atoms with Crippen LogP contribution in [0.3, 0.4) is 0 Å². The van der Waals surface area contributed by atoms with Gasteiger partial charge in [-0.25, -0.2) is 8.78 Å². The zero-order valence-electron chi connectivity index (χ0n) is 10.1. The number of hydrogen-bond acceptors (Lipinski definition) is 3. The molecule has 0 aliphatic heterocycles. The van der Waals surface area contributed by atoms with E-state index in [-0.39, 0.29) is 15.7 Å². The van der Waals surface area contributed by atoms with E-state index < -0.39 is 17.2 Å². The van der Waals surface area contributed by atoms with E-state index >= 15 is 0 Å². The molecule has 1 aromatic heterocycles. The van der Waals surface area contributed by atoms with Crippen LogP contribution in [0.5, 0.6) is 0 Å². The van der Waals surface area contributed by atoms with Crippen LogP contribution in [0.4, 0.5) is 8.78 Å². The molecule has 0 amide bonds. The van der Waals surface area contributed by atoms with Crippen LogP contribution in [-0.2, 0) is 0 Å². The first-order chi connectivity index (χ1) is 9.54. The summed E-state index contributed by atoms with van der Waals surface area (Å²) in [5.41, 5.74) is 5.45. The molecule has 1 heterocycles. The van der Waals surface area contributed by atoms with Gasteiger partial charge in [0.1, 0.15) is 17.7 Å². The fourth-order valence-electron chi connectivity index (χ4n) is 1.72. The molecule has 0 saturated carbocycles. The van der Waals surface area contributed by atoms with Crippen LogP contribution in [0.15, 0.2) is 41.1 Å². The lowest BCUT2D eigenvalue weighted by Crippen LogP contribution is -2.06. The standard InChI is InChI=1S/C14H8BrF2N3/c15-9-4-11(16)13(12(17)5-9)14(19)10(6-18)8-2-1-3-20-7-8/h1-5,7H,19H2/b14-10-. The zero-order chi connectivity index (χ0) is 14.7. The SMILES string of the molecule is N#C/C(=C(/N)c1c(F)cc(Br)cc1F)c1cccnc1. The number of allylic oxidation sites excluding steroid dienone is 1. The van der Waals surface area contributed by atoms with Crippen LogP contribution < -0.4 is 5.73 Å². The Morgan fingerprint density at radius 3 is 2.45 bits per heavy atom. The molecule has 0 radical (unpaired) electrons. The van der Waals surface area contributed by atoms with Crippen LogP contribution in [0, 0.1) is 23.0 Å². The van der Waals surface area contributed by atoms with Gasteiger partial charge < -0.3 is 5.73 Å². The monoisotopic (exact) mass is 335 g/mol. The van der Waals surface area contributed by atoms with Gasteiger partial charge in [0.2, 0.25) is 0 Å². The summed E-state index contributed by atoms with van der Waals surface area (Å²) >= 11 is 2.98. The van der Waals surface area contributed by atoms with Gasteiger partial charge in [-0.15, -0.1) is 0 Å². The molecule has 0 unspecified atom stereocenters. The summed E-state index contributed by atoms with van der Waals surface area (Å²) in [7, 11) is 0. The Hall–Kier alpha value is -2.26. The first-order valence-electron chi connectivity index (χ1n) is 5.49. The van der Waals surface area contributed by atoms with E-state index in [0.29, 0.717) is 5.56 Å². The summed E-state index contributed by atoms with van der Waals surface area (Å²) in [5.74, 6) is -1.68. The van der Waals surface area contributed by atoms with Crippen LogP contribution in [0.2, 0.25) is 0 Å². The highest BCUT2D eigenvalue weighted by molar-refractivity contribution is 9.10. The van der Waals surface area contributed by atoms with E-state index in [0.717, 1.165) is 12.1 Å². The van der Waals surface area contributed by atoms with E-state index in [1.165, 1.54) is 12.4 Å². The largest absolute Gasteiger partial charge is 0.397 e. The Kier molecular flexibility index (Phi) is 4.11.